The molecule has 158 valence electrons. The number of hydrogen-bond acceptors (Lipinski definition) is 6. The average molecular weight is 485 g/mol. The molecule has 0 bridgehead atoms. The average Bonchev–Trinajstić information content (AvgIpc) is 3.45. The number of aryl methyl sites for hydroxylation is 1. The molecule has 0 atom stereocenters. The lowest BCUT2D eigenvalue weighted by Crippen LogP contribution is -2.12. The van der Waals surface area contributed by atoms with Crippen molar-refractivity contribution < 1.29 is 14.1 Å². The topological polar surface area (TPSA) is 121 Å². The minimum absolute atomic E-state index is 0.101. The maximum atomic E-state index is 12.5. The molecule has 0 aliphatic heterocycles. The highest BCUT2D eigenvalue weighted by Gasteiger charge is 2.20. The van der Waals surface area contributed by atoms with E-state index in [0.29, 0.717) is 18.1 Å². The maximum absolute atomic E-state index is 12.5. The Morgan fingerprint density at radius 2 is 1.97 bits per heavy atom. The first-order valence-electron chi connectivity index (χ1n) is 9.24. The number of amides is 1. The molecule has 4 aromatic rings. The van der Waals surface area contributed by atoms with E-state index in [9.17, 15) is 14.9 Å². The molecule has 0 saturated heterocycles. The Bertz CT molecular complexity index is 1260. The fourth-order valence-corrected chi connectivity index (χ4v) is 3.45. The van der Waals surface area contributed by atoms with Crippen molar-refractivity contribution in [2.24, 2.45) is 0 Å². The van der Waals surface area contributed by atoms with Crippen molar-refractivity contribution in [3.63, 3.8) is 0 Å². The Hall–Kier alpha value is -3.73. The third-order valence-electron chi connectivity index (χ3n) is 4.55. The summed E-state index contributed by atoms with van der Waals surface area (Å²) in [5.41, 5.74) is 2.31. The van der Waals surface area contributed by atoms with Gasteiger partial charge in [0.1, 0.15) is 16.8 Å². The molecule has 3 heterocycles. The molecule has 0 radical (unpaired) electrons. The molecule has 10 nitrogen and oxygen atoms in total. The molecule has 1 aromatic carbocycles. The molecule has 31 heavy (non-hydrogen) atoms. The number of carbonyl (C=O) groups excluding carboxylic acids is 1. The van der Waals surface area contributed by atoms with E-state index in [1.807, 2.05) is 31.2 Å². The number of anilines is 1. The van der Waals surface area contributed by atoms with E-state index in [-0.39, 0.29) is 22.6 Å². The highest BCUT2D eigenvalue weighted by Crippen LogP contribution is 2.23. The van der Waals surface area contributed by atoms with Gasteiger partial charge in [-0.05, 0) is 51.0 Å². The molecule has 0 aliphatic carbocycles. The second kappa shape index (κ2) is 8.56. The fourth-order valence-electron chi connectivity index (χ4n) is 2.99. The van der Waals surface area contributed by atoms with Gasteiger partial charge in [-0.15, -0.1) is 0 Å². The van der Waals surface area contributed by atoms with Gasteiger partial charge in [-0.2, -0.15) is 9.78 Å². The number of benzene rings is 1. The molecule has 0 aliphatic rings. The van der Waals surface area contributed by atoms with Crippen molar-refractivity contribution in [1.82, 2.24) is 19.6 Å². The molecule has 0 saturated carbocycles. The molecular weight excluding hydrogens is 468 g/mol. The van der Waals surface area contributed by atoms with Gasteiger partial charge in [-0.25, -0.2) is 0 Å². The van der Waals surface area contributed by atoms with Crippen LogP contribution < -0.4 is 5.32 Å². The predicted octanol–water partition coefficient (Wildman–Crippen LogP) is 4.00. The first kappa shape index (κ1) is 20.5. The van der Waals surface area contributed by atoms with E-state index in [0.717, 1.165) is 5.56 Å². The second-order valence-corrected chi connectivity index (χ2v) is 7.65. The zero-order chi connectivity index (χ0) is 22.0. The smallest absolute Gasteiger partial charge is 0.404 e. The van der Waals surface area contributed by atoms with Crippen LogP contribution in [0.1, 0.15) is 27.4 Å². The summed E-state index contributed by atoms with van der Waals surface area (Å²) in [6.45, 7) is 2.78. The van der Waals surface area contributed by atoms with E-state index >= 15 is 0 Å². The summed E-state index contributed by atoms with van der Waals surface area (Å²) in [6.07, 6.45) is 3.26. The predicted molar refractivity (Wildman–Crippen MR) is 115 cm³/mol. The highest BCUT2D eigenvalue weighted by molar-refractivity contribution is 9.10. The van der Waals surface area contributed by atoms with Crippen molar-refractivity contribution in [1.29, 1.82) is 0 Å². The highest BCUT2D eigenvalue weighted by atomic mass is 79.9. The number of halogens is 1. The van der Waals surface area contributed by atoms with Gasteiger partial charge in [0.15, 0.2) is 11.6 Å². The molecule has 1 amide bonds. The first-order valence-corrected chi connectivity index (χ1v) is 10.0. The SMILES string of the molecule is Cc1ccccc1Cn1ccc(NC(=O)c2ccc(Cn3cc(Br)c([N+](=O)[O-])n3)o2)n1. The second-order valence-electron chi connectivity index (χ2n) is 6.80. The van der Waals surface area contributed by atoms with E-state index in [1.165, 1.54) is 22.5 Å². The molecular formula is C20H17BrN6O4. The lowest BCUT2D eigenvalue weighted by Gasteiger charge is -2.05. The standard InChI is InChI=1S/C20H17BrN6O4/c1-13-4-2-3-5-14(13)10-25-9-8-18(23-25)22-20(28)17-7-6-15(31-17)11-26-12-16(21)19(24-26)27(29)30/h2-9,12H,10-11H2,1H3,(H,22,23,28). The summed E-state index contributed by atoms with van der Waals surface area (Å²) in [7, 11) is 0. The zero-order valence-electron chi connectivity index (χ0n) is 16.4. The van der Waals surface area contributed by atoms with Gasteiger partial charge < -0.3 is 19.8 Å². The first-order chi connectivity index (χ1) is 14.9. The Kier molecular flexibility index (Phi) is 5.67. The summed E-state index contributed by atoms with van der Waals surface area (Å²) in [5, 5.41) is 21.8. The summed E-state index contributed by atoms with van der Waals surface area (Å²) in [4.78, 5) is 22.8. The summed E-state index contributed by atoms with van der Waals surface area (Å²) in [6, 6.07) is 12.9. The minimum atomic E-state index is -0.584. The van der Waals surface area contributed by atoms with Gasteiger partial charge in [-0.3, -0.25) is 9.48 Å². The van der Waals surface area contributed by atoms with Gasteiger partial charge in [0.2, 0.25) is 0 Å². The van der Waals surface area contributed by atoms with Crippen molar-refractivity contribution in [3.8, 4) is 0 Å². The van der Waals surface area contributed by atoms with Crippen LogP contribution >= 0.6 is 15.9 Å². The van der Waals surface area contributed by atoms with Gasteiger partial charge in [0.05, 0.1) is 17.8 Å². The normalized spacial score (nSPS) is 10.9. The van der Waals surface area contributed by atoms with Crippen molar-refractivity contribution in [3.05, 3.63) is 92.1 Å². The molecule has 3 aromatic heterocycles. The Morgan fingerprint density at radius 3 is 2.71 bits per heavy atom. The lowest BCUT2D eigenvalue weighted by molar-refractivity contribution is -0.390. The van der Waals surface area contributed by atoms with Gasteiger partial charge in [-0.1, -0.05) is 24.3 Å². The lowest BCUT2D eigenvalue weighted by atomic mass is 10.1. The van der Waals surface area contributed by atoms with Crippen LogP contribution in [0.2, 0.25) is 0 Å². The molecule has 4 rings (SSSR count). The molecule has 0 spiro atoms. The third kappa shape index (κ3) is 4.72. The molecule has 0 fully saturated rings. The van der Waals surface area contributed by atoms with Crippen molar-refractivity contribution in [2.45, 2.75) is 20.0 Å². The van der Waals surface area contributed by atoms with Gasteiger partial charge >= 0.3 is 5.82 Å². The van der Waals surface area contributed by atoms with Crippen LogP contribution in [0.25, 0.3) is 0 Å². The number of aromatic nitrogens is 4. The quantitative estimate of drug-likeness (QED) is 0.312. The van der Waals surface area contributed by atoms with Crippen LogP contribution in [0.3, 0.4) is 0 Å². The van der Waals surface area contributed by atoms with Crippen LogP contribution in [0.5, 0.6) is 0 Å². The van der Waals surface area contributed by atoms with Crippen LogP contribution in [-0.4, -0.2) is 30.4 Å². The molecule has 11 heteroatoms. The van der Waals surface area contributed by atoms with E-state index in [4.69, 9.17) is 4.42 Å². The fraction of sp³-hybridized carbons (Fsp3) is 0.150. The van der Waals surface area contributed by atoms with E-state index < -0.39 is 10.8 Å². The summed E-state index contributed by atoms with van der Waals surface area (Å²) >= 11 is 3.09. The largest absolute Gasteiger partial charge is 0.454 e. The number of hydrogen-bond donors (Lipinski definition) is 1. The van der Waals surface area contributed by atoms with Crippen molar-refractivity contribution >= 4 is 33.5 Å². The number of nitrogens with zero attached hydrogens (tertiary/aromatic N) is 5. The molecule has 0 unspecified atom stereocenters. The Morgan fingerprint density at radius 1 is 1.16 bits per heavy atom. The number of furan rings is 1. The Balaban J connectivity index is 1.39. The monoisotopic (exact) mass is 484 g/mol. The number of nitro groups is 1. The van der Waals surface area contributed by atoms with Crippen LogP contribution in [-0.2, 0) is 13.1 Å². The van der Waals surface area contributed by atoms with Crippen LogP contribution in [0.4, 0.5) is 11.6 Å². The Labute approximate surface area is 184 Å². The van der Waals surface area contributed by atoms with Gasteiger partial charge in [0, 0.05) is 12.3 Å². The summed E-state index contributed by atoms with van der Waals surface area (Å²) < 4.78 is 8.92. The van der Waals surface area contributed by atoms with Crippen LogP contribution in [0, 0.1) is 17.0 Å². The zero-order valence-corrected chi connectivity index (χ0v) is 17.9. The third-order valence-corrected chi connectivity index (χ3v) is 5.11. The van der Waals surface area contributed by atoms with E-state index in [2.05, 4.69) is 31.4 Å². The van der Waals surface area contributed by atoms with Gasteiger partial charge in [0.25, 0.3) is 5.91 Å². The molecule has 1 N–H and O–H groups in total. The summed E-state index contributed by atoms with van der Waals surface area (Å²) in [5.74, 6) is 0.207. The minimum Gasteiger partial charge on any atom is -0.454 e. The maximum Gasteiger partial charge on any atom is 0.404 e. The number of carbonyl (C=O) groups is 1. The van der Waals surface area contributed by atoms with Crippen LogP contribution in [0.15, 0.2) is 63.7 Å². The number of rotatable bonds is 7. The number of nitrogens with one attached hydrogen (secondary N) is 1. The van der Waals surface area contributed by atoms with Crippen molar-refractivity contribution in [2.75, 3.05) is 5.32 Å². The van der Waals surface area contributed by atoms with E-state index in [1.54, 1.807) is 23.0 Å².